The predicted octanol–water partition coefficient (Wildman–Crippen LogP) is 3.99. The first kappa shape index (κ1) is 17.9. The van der Waals surface area contributed by atoms with E-state index in [0.29, 0.717) is 24.7 Å². The summed E-state index contributed by atoms with van der Waals surface area (Å²) < 4.78 is 11.4. The highest BCUT2D eigenvalue weighted by molar-refractivity contribution is 6.02. The van der Waals surface area contributed by atoms with Gasteiger partial charge in [-0.3, -0.25) is 4.98 Å². The summed E-state index contributed by atoms with van der Waals surface area (Å²) in [6, 6.07) is 7.69. The molecule has 29 heavy (non-hydrogen) atoms. The number of fused-ring (bicyclic) bond motifs is 3. The third-order valence-electron chi connectivity index (χ3n) is 5.46. The Hall–Kier alpha value is -3.12. The zero-order valence-corrected chi connectivity index (χ0v) is 16.1. The van der Waals surface area contributed by atoms with Crippen LogP contribution in [0.3, 0.4) is 0 Å². The molecule has 0 bridgehead atoms. The average Bonchev–Trinajstić information content (AvgIpc) is 2.95. The molecule has 2 aliphatic carbocycles. The number of amides is 2. The zero-order chi connectivity index (χ0) is 19.6. The highest BCUT2D eigenvalue weighted by Crippen LogP contribution is 2.33. The van der Waals surface area contributed by atoms with Gasteiger partial charge >= 0.3 is 6.03 Å². The molecule has 0 saturated carbocycles. The lowest BCUT2D eigenvalue weighted by Gasteiger charge is -2.24. The number of hydrogen-bond donors (Lipinski definition) is 2. The summed E-state index contributed by atoms with van der Waals surface area (Å²) in [4.78, 5) is 17.7. The Balaban J connectivity index is 1.42. The van der Waals surface area contributed by atoms with Crippen LogP contribution in [-0.4, -0.2) is 30.3 Å². The molecule has 6 heteroatoms. The van der Waals surface area contributed by atoms with E-state index in [1.165, 1.54) is 0 Å². The molecular weight excluding hydrogens is 366 g/mol. The van der Waals surface area contributed by atoms with Gasteiger partial charge < -0.3 is 20.1 Å². The van der Waals surface area contributed by atoms with E-state index < -0.39 is 0 Å². The smallest absolute Gasteiger partial charge is 0.323 e. The fourth-order valence-electron chi connectivity index (χ4n) is 4.10. The molecule has 0 radical (unpaired) electrons. The summed E-state index contributed by atoms with van der Waals surface area (Å²) in [5, 5.41) is 7.01. The van der Waals surface area contributed by atoms with Gasteiger partial charge in [0, 0.05) is 22.9 Å². The molecule has 1 aliphatic heterocycles. The van der Waals surface area contributed by atoms with Crippen molar-refractivity contribution in [3.8, 4) is 0 Å². The van der Waals surface area contributed by atoms with Gasteiger partial charge in [0.15, 0.2) is 0 Å². The minimum atomic E-state index is -0.277. The minimum absolute atomic E-state index is 0.196. The van der Waals surface area contributed by atoms with E-state index in [1.807, 2.05) is 48.6 Å². The molecule has 2 heterocycles. The van der Waals surface area contributed by atoms with Crippen molar-refractivity contribution in [2.75, 3.05) is 18.5 Å². The number of para-hydroxylation sites is 1. The van der Waals surface area contributed by atoms with Crippen molar-refractivity contribution in [1.82, 2.24) is 10.3 Å². The highest BCUT2D eigenvalue weighted by atomic mass is 16.6. The van der Waals surface area contributed by atoms with Gasteiger partial charge in [0.2, 0.25) is 0 Å². The van der Waals surface area contributed by atoms with Gasteiger partial charge in [-0.1, -0.05) is 24.3 Å². The van der Waals surface area contributed by atoms with E-state index in [4.69, 9.17) is 14.5 Å². The summed E-state index contributed by atoms with van der Waals surface area (Å²) in [7, 11) is 0. The Morgan fingerprint density at radius 2 is 2.00 bits per heavy atom. The molecular formula is C23H23N3O3. The summed E-state index contributed by atoms with van der Waals surface area (Å²) in [5.41, 5.74) is 4.70. The largest absolute Gasteiger partial charge is 0.492 e. The van der Waals surface area contributed by atoms with Crippen LogP contribution < -0.4 is 10.6 Å². The van der Waals surface area contributed by atoms with Crippen LogP contribution in [0.4, 0.5) is 10.5 Å². The summed E-state index contributed by atoms with van der Waals surface area (Å²) in [6.45, 7) is 1.08. The zero-order valence-electron chi connectivity index (χ0n) is 16.1. The Bertz CT molecular complexity index is 1050. The molecule has 1 fully saturated rings. The fourth-order valence-corrected chi connectivity index (χ4v) is 4.10. The van der Waals surface area contributed by atoms with Crippen LogP contribution in [0.25, 0.3) is 10.9 Å². The second-order valence-corrected chi connectivity index (χ2v) is 7.41. The minimum Gasteiger partial charge on any atom is -0.492 e. The van der Waals surface area contributed by atoms with Gasteiger partial charge in [-0.05, 0) is 49.5 Å². The Kier molecular flexibility index (Phi) is 4.77. The van der Waals surface area contributed by atoms with E-state index in [9.17, 15) is 4.79 Å². The van der Waals surface area contributed by atoms with Crippen LogP contribution in [0, 0.1) is 0 Å². The maximum Gasteiger partial charge on any atom is 0.323 e. The van der Waals surface area contributed by atoms with Crippen molar-refractivity contribution in [1.29, 1.82) is 0 Å². The number of carbonyl (C=O) groups excluding carboxylic acids is 1. The fraction of sp³-hybridized carbons (Fsp3) is 0.304. The number of nitrogens with one attached hydrogen (secondary N) is 2. The van der Waals surface area contributed by atoms with Crippen molar-refractivity contribution in [2.45, 2.75) is 31.8 Å². The first-order valence-electron chi connectivity index (χ1n) is 10.1. The van der Waals surface area contributed by atoms with Crippen molar-refractivity contribution in [3.05, 3.63) is 71.3 Å². The molecule has 1 unspecified atom stereocenters. The molecule has 3 aliphatic rings. The SMILES string of the molecule is O=C(NC1=CC=CC2OCCOC2=C1)Nc1c2c(nc3ccccc13)CCCC2. The molecule has 2 aromatic rings. The topological polar surface area (TPSA) is 72.5 Å². The number of rotatable bonds is 2. The van der Waals surface area contributed by atoms with E-state index in [2.05, 4.69) is 10.6 Å². The van der Waals surface area contributed by atoms with E-state index >= 15 is 0 Å². The van der Waals surface area contributed by atoms with Crippen LogP contribution >= 0.6 is 0 Å². The highest BCUT2D eigenvalue weighted by Gasteiger charge is 2.22. The number of hydrogen-bond acceptors (Lipinski definition) is 4. The first-order valence-corrected chi connectivity index (χ1v) is 10.1. The number of carbonyl (C=O) groups is 1. The molecule has 0 spiro atoms. The second-order valence-electron chi connectivity index (χ2n) is 7.41. The number of benzene rings is 1. The summed E-state index contributed by atoms with van der Waals surface area (Å²) >= 11 is 0. The van der Waals surface area contributed by atoms with Gasteiger partial charge in [-0.15, -0.1) is 0 Å². The number of allylic oxidation sites excluding steroid dienone is 3. The van der Waals surface area contributed by atoms with E-state index in [-0.39, 0.29) is 12.1 Å². The number of anilines is 1. The number of aryl methyl sites for hydroxylation is 1. The molecule has 2 N–H and O–H groups in total. The molecule has 148 valence electrons. The molecule has 2 amide bonds. The Morgan fingerprint density at radius 3 is 2.97 bits per heavy atom. The van der Waals surface area contributed by atoms with Gasteiger partial charge in [-0.2, -0.15) is 0 Å². The van der Waals surface area contributed by atoms with E-state index in [1.54, 1.807) is 0 Å². The number of pyridine rings is 1. The van der Waals surface area contributed by atoms with Gasteiger partial charge in [-0.25, -0.2) is 4.79 Å². The number of nitrogens with zero attached hydrogens (tertiary/aromatic N) is 1. The van der Waals surface area contributed by atoms with Gasteiger partial charge in [0.1, 0.15) is 18.5 Å². The maximum absolute atomic E-state index is 12.9. The van der Waals surface area contributed by atoms with Crippen LogP contribution in [0.5, 0.6) is 0 Å². The summed E-state index contributed by atoms with van der Waals surface area (Å²) in [6.07, 6.45) is 11.4. The maximum atomic E-state index is 12.9. The van der Waals surface area contributed by atoms with Crippen molar-refractivity contribution < 1.29 is 14.3 Å². The van der Waals surface area contributed by atoms with Gasteiger partial charge in [0.05, 0.1) is 17.8 Å². The van der Waals surface area contributed by atoms with Crippen molar-refractivity contribution >= 4 is 22.6 Å². The lowest BCUT2D eigenvalue weighted by molar-refractivity contribution is -0.0209. The third-order valence-corrected chi connectivity index (χ3v) is 5.46. The lowest BCUT2D eigenvalue weighted by Crippen LogP contribution is -2.29. The molecule has 5 rings (SSSR count). The van der Waals surface area contributed by atoms with Crippen molar-refractivity contribution in [3.63, 3.8) is 0 Å². The second kappa shape index (κ2) is 7.72. The first-order chi connectivity index (χ1) is 14.3. The number of ether oxygens (including phenoxy) is 2. The average molecular weight is 389 g/mol. The monoisotopic (exact) mass is 389 g/mol. The molecule has 1 aromatic heterocycles. The number of urea groups is 1. The quantitative estimate of drug-likeness (QED) is 0.815. The van der Waals surface area contributed by atoms with Crippen LogP contribution in [-0.2, 0) is 22.3 Å². The standard InChI is InChI=1S/C23H23N3O3/c27-23(24-15-6-5-11-20-21(14-15)29-13-12-28-20)26-22-16-7-1-3-9-18(16)25-19-10-4-2-8-17(19)22/h1,3,5-7,9,11,14,20H,2,4,8,10,12-13H2,(H2,24,25,26,27). The Labute approximate surface area is 169 Å². The molecule has 1 aromatic carbocycles. The van der Waals surface area contributed by atoms with Crippen LogP contribution in [0.2, 0.25) is 0 Å². The number of aromatic nitrogens is 1. The molecule has 1 saturated heterocycles. The predicted molar refractivity (Wildman–Crippen MR) is 112 cm³/mol. The Morgan fingerprint density at radius 1 is 1.10 bits per heavy atom. The van der Waals surface area contributed by atoms with E-state index in [0.717, 1.165) is 53.5 Å². The van der Waals surface area contributed by atoms with Crippen molar-refractivity contribution in [2.24, 2.45) is 0 Å². The summed E-state index contributed by atoms with van der Waals surface area (Å²) in [5.74, 6) is 0.711. The van der Waals surface area contributed by atoms with Crippen LogP contribution in [0.1, 0.15) is 24.1 Å². The molecule has 1 atom stereocenters. The van der Waals surface area contributed by atoms with Crippen LogP contribution in [0.15, 0.2) is 60.0 Å². The third kappa shape index (κ3) is 3.63. The lowest BCUT2D eigenvalue weighted by atomic mass is 9.93. The molecule has 6 nitrogen and oxygen atoms in total. The van der Waals surface area contributed by atoms with Gasteiger partial charge in [0.25, 0.3) is 0 Å². The normalized spacial score (nSPS) is 20.5.